The van der Waals surface area contributed by atoms with E-state index in [9.17, 15) is 27.9 Å². The first-order chi connectivity index (χ1) is 12.3. The van der Waals surface area contributed by atoms with Crippen LogP contribution in [-0.4, -0.2) is 52.9 Å². The maximum atomic E-state index is 14.2. The van der Waals surface area contributed by atoms with Gasteiger partial charge in [0.05, 0.1) is 30.2 Å². The molecule has 1 N–H and O–H groups in total. The number of aryl methyl sites for hydroxylation is 1. The normalized spacial score (nSPS) is 18.2. The standard InChI is InChI=1S/C17H17F3N2O4/c1-2-21-7-11(17(25)22-3-4-26-8-9(23)6-22)16(24)10-5-12(18)13(19)14(20)15(10)21/h5,7,9,23H,2-4,6,8H2,1H3. The van der Waals surface area contributed by atoms with Gasteiger partial charge in [0, 0.05) is 25.8 Å². The maximum absolute atomic E-state index is 14.2. The number of aliphatic hydroxyl groups excluding tert-OH is 1. The first kappa shape index (κ1) is 18.4. The quantitative estimate of drug-likeness (QED) is 0.809. The van der Waals surface area contributed by atoms with Gasteiger partial charge in [-0.3, -0.25) is 9.59 Å². The van der Waals surface area contributed by atoms with Crippen molar-refractivity contribution in [3.8, 4) is 0 Å². The first-order valence-electron chi connectivity index (χ1n) is 8.10. The second kappa shape index (κ2) is 7.08. The van der Waals surface area contributed by atoms with Gasteiger partial charge in [-0.2, -0.15) is 0 Å². The van der Waals surface area contributed by atoms with E-state index in [1.807, 2.05) is 0 Å². The summed E-state index contributed by atoms with van der Waals surface area (Å²) in [5.74, 6) is -5.34. The van der Waals surface area contributed by atoms with Gasteiger partial charge in [-0.1, -0.05) is 0 Å². The zero-order valence-corrected chi connectivity index (χ0v) is 14.0. The Hall–Kier alpha value is -2.39. The van der Waals surface area contributed by atoms with Gasteiger partial charge in [0.15, 0.2) is 17.5 Å². The molecule has 0 radical (unpaired) electrons. The van der Waals surface area contributed by atoms with Crippen LogP contribution in [0, 0.1) is 17.5 Å². The third kappa shape index (κ3) is 3.08. The lowest BCUT2D eigenvalue weighted by molar-refractivity contribution is 0.0534. The fourth-order valence-electron chi connectivity index (χ4n) is 3.01. The lowest BCUT2D eigenvalue weighted by Gasteiger charge is -2.22. The van der Waals surface area contributed by atoms with E-state index in [1.54, 1.807) is 6.92 Å². The molecular weight excluding hydrogens is 353 g/mol. The minimum atomic E-state index is -1.68. The lowest BCUT2D eigenvalue weighted by Crippen LogP contribution is -2.40. The molecule has 0 bridgehead atoms. The molecule has 1 aromatic heterocycles. The van der Waals surface area contributed by atoms with E-state index >= 15 is 0 Å². The third-order valence-electron chi connectivity index (χ3n) is 4.30. The highest BCUT2D eigenvalue weighted by Crippen LogP contribution is 2.22. The minimum Gasteiger partial charge on any atom is -0.389 e. The SMILES string of the molecule is CCn1cc(C(=O)N2CCOCC(O)C2)c(=O)c2cc(F)c(F)c(F)c21. The molecule has 26 heavy (non-hydrogen) atoms. The first-order valence-corrected chi connectivity index (χ1v) is 8.10. The van der Waals surface area contributed by atoms with Gasteiger partial charge in [0.2, 0.25) is 5.43 Å². The number of benzene rings is 1. The summed E-state index contributed by atoms with van der Waals surface area (Å²) in [5.41, 5.74) is -1.60. The Morgan fingerprint density at radius 2 is 2.08 bits per heavy atom. The molecule has 1 aliphatic heterocycles. The summed E-state index contributed by atoms with van der Waals surface area (Å²) in [7, 11) is 0. The molecule has 0 aliphatic carbocycles. The van der Waals surface area contributed by atoms with Crippen molar-refractivity contribution in [1.82, 2.24) is 9.47 Å². The number of nitrogens with zero attached hydrogens (tertiary/aromatic N) is 2. The van der Waals surface area contributed by atoms with E-state index in [0.29, 0.717) is 6.07 Å². The zero-order chi connectivity index (χ0) is 19.0. The van der Waals surface area contributed by atoms with Crippen LogP contribution in [0.5, 0.6) is 0 Å². The molecule has 140 valence electrons. The van der Waals surface area contributed by atoms with E-state index in [1.165, 1.54) is 9.47 Å². The summed E-state index contributed by atoms with van der Waals surface area (Å²) in [6.07, 6.45) is 0.227. The number of β-amino-alcohol motifs (C(OH)–C–C–N with tert-alkyl or cyclic N) is 1. The van der Waals surface area contributed by atoms with Crippen LogP contribution in [0.4, 0.5) is 13.2 Å². The smallest absolute Gasteiger partial charge is 0.259 e. The number of hydrogen-bond acceptors (Lipinski definition) is 4. The van der Waals surface area contributed by atoms with Gasteiger partial charge >= 0.3 is 0 Å². The fraction of sp³-hybridized carbons (Fsp3) is 0.412. The molecule has 6 nitrogen and oxygen atoms in total. The largest absolute Gasteiger partial charge is 0.389 e. The monoisotopic (exact) mass is 370 g/mol. The van der Waals surface area contributed by atoms with Crippen LogP contribution in [0.25, 0.3) is 10.9 Å². The molecule has 0 saturated carbocycles. The topological polar surface area (TPSA) is 71.8 Å². The Morgan fingerprint density at radius 3 is 2.77 bits per heavy atom. The van der Waals surface area contributed by atoms with Gasteiger partial charge in [-0.05, 0) is 13.0 Å². The third-order valence-corrected chi connectivity index (χ3v) is 4.30. The predicted molar refractivity (Wildman–Crippen MR) is 86.5 cm³/mol. The van der Waals surface area contributed by atoms with Crippen LogP contribution in [0.15, 0.2) is 17.1 Å². The Labute approximate surface area is 146 Å². The molecular formula is C17H17F3N2O4. The Balaban J connectivity index is 2.18. The predicted octanol–water partition coefficient (Wildman–Crippen LogP) is 1.27. The van der Waals surface area contributed by atoms with Gasteiger partial charge in [-0.25, -0.2) is 13.2 Å². The molecule has 1 aliphatic rings. The van der Waals surface area contributed by atoms with Crippen LogP contribution in [-0.2, 0) is 11.3 Å². The zero-order valence-electron chi connectivity index (χ0n) is 14.0. The van der Waals surface area contributed by atoms with Crippen LogP contribution < -0.4 is 5.43 Å². The summed E-state index contributed by atoms with van der Waals surface area (Å²) < 4.78 is 47.7. The number of carbonyl (C=O) groups is 1. The second-order valence-corrected chi connectivity index (χ2v) is 6.02. The number of aliphatic hydroxyl groups is 1. The van der Waals surface area contributed by atoms with Crippen molar-refractivity contribution >= 4 is 16.8 Å². The van der Waals surface area contributed by atoms with E-state index in [4.69, 9.17) is 4.74 Å². The molecule has 1 aromatic carbocycles. The molecule has 3 rings (SSSR count). The Bertz CT molecular complexity index is 929. The number of pyridine rings is 1. The van der Waals surface area contributed by atoms with Crippen LogP contribution >= 0.6 is 0 Å². The average Bonchev–Trinajstić information content (AvgIpc) is 2.84. The highest BCUT2D eigenvalue weighted by atomic mass is 19.2. The van der Waals surface area contributed by atoms with Crippen LogP contribution in [0.3, 0.4) is 0 Å². The summed E-state index contributed by atoms with van der Waals surface area (Å²) in [4.78, 5) is 26.7. The molecule has 1 fully saturated rings. The number of amides is 1. The summed E-state index contributed by atoms with van der Waals surface area (Å²) in [6.45, 7) is 2.12. The Morgan fingerprint density at radius 1 is 1.35 bits per heavy atom. The number of carbonyl (C=O) groups excluding carboxylic acids is 1. The molecule has 0 spiro atoms. The fourth-order valence-corrected chi connectivity index (χ4v) is 3.01. The van der Waals surface area contributed by atoms with Crippen LogP contribution in [0.2, 0.25) is 0 Å². The highest BCUT2D eigenvalue weighted by molar-refractivity contribution is 5.97. The van der Waals surface area contributed by atoms with Crippen molar-refractivity contribution < 1.29 is 27.8 Å². The van der Waals surface area contributed by atoms with Crippen molar-refractivity contribution in [1.29, 1.82) is 0 Å². The van der Waals surface area contributed by atoms with Crippen LogP contribution in [0.1, 0.15) is 17.3 Å². The molecule has 2 aromatic rings. The Kier molecular flexibility index (Phi) is 5.01. The molecule has 1 saturated heterocycles. The molecule has 1 atom stereocenters. The van der Waals surface area contributed by atoms with E-state index in [2.05, 4.69) is 0 Å². The van der Waals surface area contributed by atoms with Gasteiger partial charge in [0.25, 0.3) is 5.91 Å². The number of aromatic nitrogens is 1. The average molecular weight is 370 g/mol. The summed E-state index contributed by atoms with van der Waals surface area (Å²) in [6, 6.07) is 0.597. The highest BCUT2D eigenvalue weighted by Gasteiger charge is 2.27. The molecule has 2 heterocycles. The number of rotatable bonds is 2. The van der Waals surface area contributed by atoms with E-state index in [0.717, 1.165) is 6.20 Å². The summed E-state index contributed by atoms with van der Waals surface area (Å²) >= 11 is 0. The number of fused-ring (bicyclic) bond motifs is 1. The summed E-state index contributed by atoms with van der Waals surface area (Å²) in [5, 5.41) is 9.34. The van der Waals surface area contributed by atoms with E-state index < -0.39 is 45.8 Å². The molecule has 9 heteroatoms. The van der Waals surface area contributed by atoms with Crippen molar-refractivity contribution in [2.24, 2.45) is 0 Å². The number of ether oxygens (including phenoxy) is 1. The lowest BCUT2D eigenvalue weighted by atomic mass is 10.1. The van der Waals surface area contributed by atoms with Gasteiger partial charge in [0.1, 0.15) is 5.56 Å². The maximum Gasteiger partial charge on any atom is 0.259 e. The van der Waals surface area contributed by atoms with Crippen molar-refractivity contribution in [3.05, 3.63) is 45.5 Å². The van der Waals surface area contributed by atoms with E-state index in [-0.39, 0.29) is 38.4 Å². The molecule has 1 unspecified atom stereocenters. The van der Waals surface area contributed by atoms with Gasteiger partial charge in [-0.15, -0.1) is 0 Å². The second-order valence-electron chi connectivity index (χ2n) is 6.02. The number of halogens is 3. The van der Waals surface area contributed by atoms with Crippen molar-refractivity contribution in [2.45, 2.75) is 19.6 Å². The number of hydrogen-bond donors (Lipinski definition) is 1. The van der Waals surface area contributed by atoms with Crippen molar-refractivity contribution in [3.63, 3.8) is 0 Å². The molecule has 1 amide bonds. The minimum absolute atomic E-state index is 0.0332. The van der Waals surface area contributed by atoms with Gasteiger partial charge < -0.3 is 19.3 Å². The van der Waals surface area contributed by atoms with Crippen molar-refractivity contribution in [2.75, 3.05) is 26.3 Å².